The summed E-state index contributed by atoms with van der Waals surface area (Å²) < 4.78 is 45.1. The lowest BCUT2D eigenvalue weighted by molar-refractivity contribution is -0.183. The maximum atomic E-state index is 14.1. The minimum Gasteiger partial charge on any atom is -0.481 e. The minimum absolute atomic E-state index is 0.0879. The molecule has 0 aliphatic heterocycles. The first-order valence-electron chi connectivity index (χ1n) is 7.89. The number of hydrogen-bond donors (Lipinski definition) is 2. The highest BCUT2D eigenvalue weighted by Gasteiger charge is 2.16. The number of ether oxygens (including phenoxy) is 1. The van der Waals surface area contributed by atoms with Crippen molar-refractivity contribution >= 4 is 11.7 Å². The SMILES string of the molecule is N/C=C(/COc1c(F)cc(CCC(=O)OF)cc1F)N(N)c1ccccc1. The third kappa shape index (κ3) is 5.38. The lowest BCUT2D eigenvalue weighted by Gasteiger charge is -2.22. The van der Waals surface area contributed by atoms with Crippen LogP contribution in [-0.2, 0) is 16.2 Å². The lowest BCUT2D eigenvalue weighted by atomic mass is 10.1. The first-order chi connectivity index (χ1) is 13.0. The molecule has 0 amide bonds. The molecule has 0 aliphatic rings. The molecule has 4 N–H and O–H groups in total. The van der Waals surface area contributed by atoms with Gasteiger partial charge in [-0.15, -0.1) is 0 Å². The van der Waals surface area contributed by atoms with Crippen LogP contribution in [0.1, 0.15) is 12.0 Å². The normalized spacial score (nSPS) is 11.2. The summed E-state index contributed by atoms with van der Waals surface area (Å²) >= 11 is 0. The summed E-state index contributed by atoms with van der Waals surface area (Å²) in [7, 11) is 0. The Bertz CT molecular complexity index is 793. The Kier molecular flexibility index (Phi) is 7.07. The van der Waals surface area contributed by atoms with Crippen LogP contribution in [0.15, 0.2) is 54.4 Å². The third-order valence-corrected chi connectivity index (χ3v) is 3.66. The van der Waals surface area contributed by atoms with Crippen LogP contribution in [0.2, 0.25) is 0 Å². The second-order valence-electron chi connectivity index (χ2n) is 5.49. The van der Waals surface area contributed by atoms with Crippen LogP contribution >= 0.6 is 0 Å². The van der Waals surface area contributed by atoms with Crippen molar-refractivity contribution in [3.63, 3.8) is 0 Å². The fourth-order valence-corrected chi connectivity index (χ4v) is 2.28. The van der Waals surface area contributed by atoms with Gasteiger partial charge in [-0.05, 0) is 36.2 Å². The number of hydrogen-bond acceptors (Lipinski definition) is 6. The van der Waals surface area contributed by atoms with Gasteiger partial charge in [0, 0.05) is 10.7 Å². The molecule has 2 aromatic carbocycles. The number of carbonyl (C=O) groups excluding carboxylic acids is 1. The number of para-hydroxylation sites is 1. The summed E-state index contributed by atoms with van der Waals surface area (Å²) in [5.74, 6) is 2.25. The maximum Gasteiger partial charge on any atom is 0.349 e. The Labute approximate surface area is 153 Å². The molecule has 0 spiro atoms. The van der Waals surface area contributed by atoms with Gasteiger partial charge in [-0.3, -0.25) is 9.95 Å². The van der Waals surface area contributed by atoms with E-state index in [1.54, 1.807) is 30.3 Å². The molecule has 0 saturated heterocycles. The van der Waals surface area contributed by atoms with Crippen molar-refractivity contribution in [3.05, 3.63) is 71.6 Å². The van der Waals surface area contributed by atoms with Crippen molar-refractivity contribution in [3.8, 4) is 5.75 Å². The van der Waals surface area contributed by atoms with Crippen LogP contribution in [0.25, 0.3) is 0 Å². The van der Waals surface area contributed by atoms with E-state index in [2.05, 4.69) is 4.94 Å². The average Bonchev–Trinajstić information content (AvgIpc) is 2.68. The van der Waals surface area contributed by atoms with Gasteiger partial charge in [0.25, 0.3) is 0 Å². The van der Waals surface area contributed by atoms with Gasteiger partial charge >= 0.3 is 5.97 Å². The predicted molar refractivity (Wildman–Crippen MR) is 92.8 cm³/mol. The molecule has 0 atom stereocenters. The van der Waals surface area contributed by atoms with Gasteiger partial charge < -0.3 is 10.5 Å². The molecule has 0 radical (unpaired) electrons. The van der Waals surface area contributed by atoms with Gasteiger partial charge in [0.15, 0.2) is 17.4 Å². The second kappa shape index (κ2) is 9.48. The Morgan fingerprint density at radius 2 is 1.78 bits per heavy atom. The molecule has 0 bridgehead atoms. The van der Waals surface area contributed by atoms with E-state index >= 15 is 0 Å². The summed E-state index contributed by atoms with van der Waals surface area (Å²) in [6.45, 7) is -0.288. The number of nitrogens with two attached hydrogens (primary N) is 2. The summed E-state index contributed by atoms with van der Waals surface area (Å²) in [5.41, 5.74) is 6.56. The molecule has 0 unspecified atom stereocenters. The summed E-state index contributed by atoms with van der Waals surface area (Å²) in [6.07, 6.45) is 0.726. The molecule has 144 valence electrons. The molecule has 0 heterocycles. The minimum atomic E-state index is -1.13. The highest BCUT2D eigenvalue weighted by atomic mass is 19.3. The Balaban J connectivity index is 2.07. The van der Waals surface area contributed by atoms with Crippen LogP contribution in [0.3, 0.4) is 0 Å². The first kappa shape index (κ1) is 20.1. The zero-order valence-corrected chi connectivity index (χ0v) is 14.2. The number of benzene rings is 2. The van der Waals surface area contributed by atoms with Gasteiger partial charge in [-0.1, -0.05) is 18.2 Å². The van der Waals surface area contributed by atoms with Crippen LogP contribution in [-0.4, -0.2) is 12.6 Å². The zero-order valence-electron chi connectivity index (χ0n) is 14.2. The number of nitrogens with zero attached hydrogens (tertiary/aromatic N) is 1. The Hall–Kier alpha value is -3.20. The summed E-state index contributed by atoms with van der Waals surface area (Å²) in [5, 5.41) is 1.23. The molecule has 27 heavy (non-hydrogen) atoms. The smallest absolute Gasteiger partial charge is 0.349 e. The Morgan fingerprint density at radius 1 is 1.15 bits per heavy atom. The number of anilines is 1. The largest absolute Gasteiger partial charge is 0.481 e. The van der Waals surface area contributed by atoms with Gasteiger partial charge in [-0.2, -0.15) is 0 Å². The number of halogens is 3. The van der Waals surface area contributed by atoms with E-state index in [1.165, 1.54) is 11.2 Å². The van der Waals surface area contributed by atoms with Gasteiger partial charge in [0.2, 0.25) is 0 Å². The zero-order chi connectivity index (χ0) is 19.8. The van der Waals surface area contributed by atoms with Crippen molar-refractivity contribution in [1.29, 1.82) is 0 Å². The van der Waals surface area contributed by atoms with E-state index in [-0.39, 0.29) is 30.7 Å². The first-order valence-corrected chi connectivity index (χ1v) is 7.89. The molecular formula is C18H18F3N3O3. The number of hydrazine groups is 1. The average molecular weight is 381 g/mol. The summed E-state index contributed by atoms with van der Waals surface area (Å²) in [6, 6.07) is 10.8. The van der Waals surface area contributed by atoms with E-state index in [0.717, 1.165) is 12.1 Å². The third-order valence-electron chi connectivity index (χ3n) is 3.66. The van der Waals surface area contributed by atoms with Crippen LogP contribution < -0.4 is 21.3 Å². The van der Waals surface area contributed by atoms with Crippen LogP contribution in [0.5, 0.6) is 5.75 Å². The molecule has 2 rings (SSSR count). The highest BCUT2D eigenvalue weighted by Crippen LogP contribution is 2.25. The van der Waals surface area contributed by atoms with Crippen molar-refractivity contribution in [2.75, 3.05) is 11.6 Å². The molecule has 0 saturated carbocycles. The summed E-state index contributed by atoms with van der Waals surface area (Å²) in [4.78, 5) is 13.8. The second-order valence-corrected chi connectivity index (χ2v) is 5.49. The molecule has 2 aromatic rings. The number of aryl methyl sites for hydroxylation is 1. The van der Waals surface area contributed by atoms with E-state index in [1.807, 2.05) is 0 Å². The van der Waals surface area contributed by atoms with Gasteiger partial charge in [0.1, 0.15) is 6.61 Å². The maximum absolute atomic E-state index is 14.1. The van der Waals surface area contributed by atoms with Gasteiger partial charge in [-0.25, -0.2) is 19.4 Å². The molecule has 0 aromatic heterocycles. The number of carbonyl (C=O) groups is 1. The molecular weight excluding hydrogens is 363 g/mol. The lowest BCUT2D eigenvalue weighted by Crippen LogP contribution is -2.33. The quantitative estimate of drug-likeness (QED) is 0.540. The molecule has 9 heteroatoms. The van der Waals surface area contributed by atoms with E-state index < -0.39 is 23.4 Å². The van der Waals surface area contributed by atoms with Gasteiger partial charge in [0.05, 0.1) is 17.8 Å². The van der Waals surface area contributed by atoms with Crippen molar-refractivity contribution in [2.45, 2.75) is 12.8 Å². The van der Waals surface area contributed by atoms with Crippen LogP contribution in [0.4, 0.5) is 19.0 Å². The Morgan fingerprint density at radius 3 is 2.33 bits per heavy atom. The van der Waals surface area contributed by atoms with E-state index in [0.29, 0.717) is 5.69 Å². The molecule has 6 nitrogen and oxygen atoms in total. The predicted octanol–water partition coefficient (Wildman–Crippen LogP) is 2.88. The van der Waals surface area contributed by atoms with Crippen molar-refractivity contribution < 1.29 is 27.8 Å². The highest BCUT2D eigenvalue weighted by molar-refractivity contribution is 5.68. The fraction of sp³-hybridized carbons (Fsp3) is 0.167. The van der Waals surface area contributed by atoms with Crippen molar-refractivity contribution in [2.24, 2.45) is 11.6 Å². The number of rotatable bonds is 8. The van der Waals surface area contributed by atoms with Crippen LogP contribution in [0, 0.1) is 11.6 Å². The molecule has 0 aliphatic carbocycles. The standard InChI is InChI=1S/C18H18F3N3O3/c19-15-8-12(6-7-17(25)27-21)9-16(20)18(15)26-11-14(10-22)24(23)13-4-2-1-3-5-13/h1-5,8-10H,6-7,11,22-23H2/b14-10-. The fourth-order valence-electron chi connectivity index (χ4n) is 2.28. The molecule has 0 fully saturated rings. The van der Waals surface area contributed by atoms with E-state index in [4.69, 9.17) is 16.3 Å². The van der Waals surface area contributed by atoms with E-state index in [9.17, 15) is 18.1 Å². The van der Waals surface area contributed by atoms with Crippen molar-refractivity contribution in [1.82, 2.24) is 0 Å². The topological polar surface area (TPSA) is 90.8 Å². The monoisotopic (exact) mass is 381 g/mol.